The smallest absolute Gasteiger partial charge is 0.201 e. The van der Waals surface area contributed by atoms with Crippen LogP contribution >= 0.6 is 0 Å². The van der Waals surface area contributed by atoms with Gasteiger partial charge in [0.05, 0.1) is 10.9 Å². The summed E-state index contributed by atoms with van der Waals surface area (Å²) in [4.78, 5) is 4.48. The van der Waals surface area contributed by atoms with Crippen molar-refractivity contribution in [1.82, 2.24) is 19.3 Å². The van der Waals surface area contributed by atoms with Crippen molar-refractivity contribution in [3.63, 3.8) is 0 Å². The quantitative estimate of drug-likeness (QED) is 0.543. The molecule has 0 spiro atoms. The Kier molecular flexibility index (Phi) is 3.93. The summed E-state index contributed by atoms with van der Waals surface area (Å²) in [5.74, 6) is -0.0160. The first-order valence-electron chi connectivity index (χ1n) is 9.60. The zero-order valence-electron chi connectivity index (χ0n) is 15.6. The number of nitrogens with zero attached hydrogens (tertiary/aromatic N) is 4. The summed E-state index contributed by atoms with van der Waals surface area (Å²) in [5.41, 5.74) is 4.13. The fourth-order valence-corrected chi connectivity index (χ4v) is 4.32. The Hall–Kier alpha value is -3.15. The van der Waals surface area contributed by atoms with Crippen molar-refractivity contribution in [2.75, 3.05) is 0 Å². The van der Waals surface area contributed by atoms with Crippen LogP contribution in [-0.2, 0) is 7.05 Å². The van der Waals surface area contributed by atoms with Gasteiger partial charge in [0.2, 0.25) is 5.88 Å². The van der Waals surface area contributed by atoms with Crippen molar-refractivity contribution in [2.45, 2.75) is 31.7 Å². The topological polar surface area (TPSA) is 55.9 Å². The zero-order valence-corrected chi connectivity index (χ0v) is 15.6. The highest BCUT2D eigenvalue weighted by molar-refractivity contribution is 6.01. The second kappa shape index (κ2) is 6.48. The van der Waals surface area contributed by atoms with Gasteiger partial charge >= 0.3 is 0 Å². The number of halogens is 1. The first kappa shape index (κ1) is 17.0. The van der Waals surface area contributed by atoms with Gasteiger partial charge in [0.1, 0.15) is 11.5 Å². The summed E-state index contributed by atoms with van der Waals surface area (Å²) in [7, 11) is 1.86. The van der Waals surface area contributed by atoms with Crippen LogP contribution in [0.1, 0.15) is 31.7 Å². The predicted molar refractivity (Wildman–Crippen MR) is 106 cm³/mol. The highest BCUT2D eigenvalue weighted by Gasteiger charge is 2.24. The molecule has 1 N–H and O–H groups in total. The molecule has 1 fully saturated rings. The zero-order chi connectivity index (χ0) is 19.3. The Morgan fingerprint density at radius 1 is 1.04 bits per heavy atom. The first-order valence-corrected chi connectivity index (χ1v) is 9.60. The molecular weight excluding hydrogens is 355 g/mol. The normalized spacial score (nSPS) is 14.9. The summed E-state index contributed by atoms with van der Waals surface area (Å²) in [6.45, 7) is 0. The molecule has 0 radical (unpaired) electrons. The molecule has 4 aromatic rings. The van der Waals surface area contributed by atoms with E-state index >= 15 is 0 Å². The number of aromatic hydroxyl groups is 1. The summed E-state index contributed by atoms with van der Waals surface area (Å²) in [6, 6.07) is 8.55. The molecule has 0 atom stereocenters. The van der Waals surface area contributed by atoms with Crippen LogP contribution in [0.5, 0.6) is 5.88 Å². The Balaban J connectivity index is 1.71. The SMILES string of the molecule is Cn1cc(-c2ccnc3cn(C4CCCC4)c(O)c23)c(-c2ccc(F)cc2)n1. The van der Waals surface area contributed by atoms with Gasteiger partial charge < -0.3 is 9.67 Å². The van der Waals surface area contributed by atoms with Gasteiger partial charge in [-0.05, 0) is 43.2 Å². The first-order chi connectivity index (χ1) is 13.6. The van der Waals surface area contributed by atoms with E-state index in [1.54, 1.807) is 23.0 Å². The number of hydrogen-bond acceptors (Lipinski definition) is 3. The van der Waals surface area contributed by atoms with Gasteiger partial charge in [0, 0.05) is 48.4 Å². The van der Waals surface area contributed by atoms with Crippen LogP contribution in [0.15, 0.2) is 48.9 Å². The Labute approximate surface area is 162 Å². The molecule has 1 aliphatic carbocycles. The Morgan fingerprint density at radius 2 is 1.79 bits per heavy atom. The van der Waals surface area contributed by atoms with E-state index in [9.17, 15) is 9.50 Å². The van der Waals surface area contributed by atoms with Gasteiger partial charge in [-0.25, -0.2) is 4.39 Å². The molecule has 3 heterocycles. The van der Waals surface area contributed by atoms with Crippen molar-refractivity contribution in [2.24, 2.45) is 7.05 Å². The lowest BCUT2D eigenvalue weighted by atomic mass is 10.00. The second-order valence-corrected chi connectivity index (χ2v) is 7.49. The largest absolute Gasteiger partial charge is 0.494 e. The van der Waals surface area contributed by atoms with E-state index < -0.39 is 0 Å². The van der Waals surface area contributed by atoms with E-state index in [1.807, 2.05) is 30.1 Å². The van der Waals surface area contributed by atoms with Gasteiger partial charge in [-0.15, -0.1) is 0 Å². The molecule has 0 unspecified atom stereocenters. The third-order valence-corrected chi connectivity index (χ3v) is 5.66. The average Bonchev–Trinajstić information content (AvgIpc) is 3.41. The Morgan fingerprint density at radius 3 is 2.54 bits per heavy atom. The van der Waals surface area contributed by atoms with Crippen molar-refractivity contribution in [1.29, 1.82) is 0 Å². The molecule has 0 amide bonds. The van der Waals surface area contributed by atoms with Gasteiger partial charge in [-0.1, -0.05) is 12.8 Å². The number of pyridine rings is 1. The third kappa shape index (κ3) is 2.68. The van der Waals surface area contributed by atoms with Gasteiger partial charge in [-0.3, -0.25) is 9.67 Å². The van der Waals surface area contributed by atoms with Crippen LogP contribution < -0.4 is 0 Å². The van der Waals surface area contributed by atoms with Crippen LogP contribution in [0.2, 0.25) is 0 Å². The van der Waals surface area contributed by atoms with E-state index in [1.165, 1.54) is 25.0 Å². The number of hydrogen-bond donors (Lipinski definition) is 1. The van der Waals surface area contributed by atoms with Gasteiger partial charge in [-0.2, -0.15) is 5.10 Å². The maximum absolute atomic E-state index is 13.4. The predicted octanol–water partition coefficient (Wildman–Crippen LogP) is 5.06. The maximum Gasteiger partial charge on any atom is 0.201 e. The van der Waals surface area contributed by atoms with Crippen LogP contribution in [0.3, 0.4) is 0 Å². The molecule has 5 rings (SSSR count). The minimum absolute atomic E-state index is 0.263. The van der Waals surface area contributed by atoms with Crippen LogP contribution in [0, 0.1) is 5.82 Å². The lowest BCUT2D eigenvalue weighted by Crippen LogP contribution is -2.01. The molecular formula is C22H21FN4O. The number of benzene rings is 1. The molecule has 0 saturated heterocycles. The standard InChI is InChI=1S/C22H21FN4O/c1-26-12-18(21(25-26)14-6-8-15(23)9-7-14)17-10-11-24-19-13-27(22(28)20(17)19)16-4-2-3-5-16/h6-13,16,28H,2-5H2,1H3. The molecule has 0 aliphatic heterocycles. The van der Waals surface area contributed by atoms with Gasteiger partial charge in [0.25, 0.3) is 0 Å². The van der Waals surface area contributed by atoms with Crippen molar-refractivity contribution < 1.29 is 9.50 Å². The van der Waals surface area contributed by atoms with E-state index in [-0.39, 0.29) is 11.7 Å². The molecule has 3 aromatic heterocycles. The number of aryl methyl sites for hydroxylation is 1. The summed E-state index contributed by atoms with van der Waals surface area (Å²) in [6.07, 6.45) is 10.2. The number of aromatic nitrogens is 4. The highest BCUT2D eigenvalue weighted by Crippen LogP contribution is 2.42. The molecule has 1 saturated carbocycles. The monoisotopic (exact) mass is 376 g/mol. The van der Waals surface area contributed by atoms with Crippen molar-refractivity contribution in [3.8, 4) is 28.3 Å². The molecule has 1 aromatic carbocycles. The van der Waals surface area contributed by atoms with Crippen LogP contribution in [0.25, 0.3) is 33.3 Å². The molecule has 0 bridgehead atoms. The van der Waals surface area contributed by atoms with Crippen molar-refractivity contribution in [3.05, 3.63) is 54.7 Å². The summed E-state index contributed by atoms with van der Waals surface area (Å²) < 4.78 is 17.1. The van der Waals surface area contributed by atoms with Gasteiger partial charge in [0.15, 0.2) is 0 Å². The molecule has 28 heavy (non-hydrogen) atoms. The fraction of sp³-hybridized carbons (Fsp3) is 0.273. The van der Waals surface area contributed by atoms with E-state index in [0.717, 1.165) is 46.1 Å². The minimum Gasteiger partial charge on any atom is -0.494 e. The highest BCUT2D eigenvalue weighted by atomic mass is 19.1. The minimum atomic E-state index is -0.279. The Bertz CT molecular complexity index is 1150. The van der Waals surface area contributed by atoms with E-state index in [2.05, 4.69) is 10.1 Å². The van der Waals surface area contributed by atoms with E-state index in [4.69, 9.17) is 0 Å². The fourth-order valence-electron chi connectivity index (χ4n) is 4.32. The summed E-state index contributed by atoms with van der Waals surface area (Å²) >= 11 is 0. The lowest BCUT2D eigenvalue weighted by Gasteiger charge is -2.12. The molecule has 6 heteroatoms. The molecule has 1 aliphatic rings. The maximum atomic E-state index is 13.4. The van der Waals surface area contributed by atoms with Crippen molar-refractivity contribution >= 4 is 10.9 Å². The van der Waals surface area contributed by atoms with E-state index in [0.29, 0.717) is 6.04 Å². The molecule has 5 nitrogen and oxygen atoms in total. The van der Waals surface area contributed by atoms with Crippen LogP contribution in [0.4, 0.5) is 4.39 Å². The number of rotatable bonds is 3. The number of fused-ring (bicyclic) bond motifs is 1. The molecule has 142 valence electrons. The summed E-state index contributed by atoms with van der Waals surface area (Å²) in [5, 5.41) is 16.4. The lowest BCUT2D eigenvalue weighted by molar-refractivity contribution is 0.387. The second-order valence-electron chi connectivity index (χ2n) is 7.49. The average molecular weight is 376 g/mol. The van der Waals surface area contributed by atoms with Crippen LogP contribution in [-0.4, -0.2) is 24.4 Å². The third-order valence-electron chi connectivity index (χ3n) is 5.66.